The molecule has 0 aromatic carbocycles. The van der Waals surface area contributed by atoms with Crippen LogP contribution < -0.4 is 0 Å². The van der Waals surface area contributed by atoms with Crippen molar-refractivity contribution in [2.24, 2.45) is 0 Å². The molecule has 0 spiro atoms. The Bertz CT molecular complexity index is 226. The van der Waals surface area contributed by atoms with E-state index in [-0.39, 0.29) is 19.4 Å². The molecule has 0 heterocycles. The van der Waals surface area contributed by atoms with Gasteiger partial charge >= 0.3 is 12.1 Å². The van der Waals surface area contributed by atoms with Crippen molar-refractivity contribution in [3.63, 3.8) is 0 Å². The van der Waals surface area contributed by atoms with E-state index in [1.807, 2.05) is 0 Å². The Morgan fingerprint density at radius 2 is 1.86 bits per heavy atom. The third-order valence-electron chi connectivity index (χ3n) is 1.40. The fourth-order valence-corrected chi connectivity index (χ4v) is 0.770. The Morgan fingerprint density at radius 1 is 1.36 bits per heavy atom. The molecule has 0 N–H and O–H groups in total. The average molecular weight is 206 g/mol. The van der Waals surface area contributed by atoms with Gasteiger partial charge in [0.2, 0.25) is 0 Å². The predicted molar refractivity (Wildman–Crippen MR) is 43.6 cm³/mol. The van der Waals surface area contributed by atoms with Gasteiger partial charge in [-0.2, -0.15) is 0 Å². The lowest BCUT2D eigenvalue weighted by molar-refractivity contribution is -0.743. The molecule has 0 aliphatic rings. The quantitative estimate of drug-likeness (QED) is 0.202. The van der Waals surface area contributed by atoms with Crippen molar-refractivity contribution in [3.8, 4) is 0 Å². The highest BCUT2D eigenvalue weighted by atomic mass is 16.7. The van der Waals surface area contributed by atoms with Crippen molar-refractivity contribution in [2.75, 3.05) is 6.61 Å². The van der Waals surface area contributed by atoms with Gasteiger partial charge in [0.15, 0.2) is 0 Å². The Labute approximate surface area is 79.1 Å². The number of nitrogens with zero attached hydrogens (tertiary/aromatic N) is 2. The molecule has 80 valence electrons. The predicted octanol–water partition coefficient (Wildman–Crippen LogP) is 0.209. The monoisotopic (exact) mass is 206 g/mol. The normalized spacial score (nSPS) is 9.86. The molecule has 14 heavy (non-hydrogen) atoms. The molecule has 0 saturated heterocycles. The molecule has 0 saturated carbocycles. The van der Waals surface area contributed by atoms with Gasteiger partial charge in [0.25, 0.3) is 0 Å². The summed E-state index contributed by atoms with van der Waals surface area (Å²) in [4.78, 5) is 28.6. The number of ether oxygens (including phenoxy) is 1. The molecule has 8 nitrogen and oxygen atoms in total. The van der Waals surface area contributed by atoms with Crippen molar-refractivity contribution in [1.29, 1.82) is 0 Å². The minimum Gasteiger partial charge on any atom is -0.466 e. The Morgan fingerprint density at radius 3 is 2.21 bits per heavy atom. The van der Waals surface area contributed by atoms with Gasteiger partial charge in [-0.25, -0.2) is 0 Å². The summed E-state index contributed by atoms with van der Waals surface area (Å²) in [7, 11) is 0. The minimum absolute atomic E-state index is 0.0342. The van der Waals surface area contributed by atoms with Gasteiger partial charge in [0.1, 0.15) is 0 Å². The molecule has 0 bridgehead atoms. The van der Waals surface area contributed by atoms with Crippen molar-refractivity contribution in [1.82, 2.24) is 0 Å². The van der Waals surface area contributed by atoms with E-state index in [9.17, 15) is 25.0 Å². The zero-order chi connectivity index (χ0) is 11.1. The van der Waals surface area contributed by atoms with Crippen LogP contribution in [0.1, 0.15) is 19.8 Å². The summed E-state index contributed by atoms with van der Waals surface area (Å²) in [5, 5.41) is 20.3. The Balaban J connectivity index is 3.78. The van der Waals surface area contributed by atoms with E-state index in [0.29, 0.717) is 0 Å². The maximum Gasteiger partial charge on any atom is 0.450 e. The van der Waals surface area contributed by atoms with Crippen LogP contribution in [0, 0.1) is 20.2 Å². The van der Waals surface area contributed by atoms with Crippen LogP contribution in [0.4, 0.5) is 0 Å². The first-order chi connectivity index (χ1) is 6.45. The summed E-state index contributed by atoms with van der Waals surface area (Å²) in [6.07, 6.45) is -1.95. The van der Waals surface area contributed by atoms with Crippen molar-refractivity contribution in [3.05, 3.63) is 20.2 Å². The lowest BCUT2D eigenvalue weighted by Crippen LogP contribution is -2.28. The Kier molecular flexibility index (Phi) is 5.12. The molecule has 0 unspecified atom stereocenters. The summed E-state index contributed by atoms with van der Waals surface area (Å²) in [5.41, 5.74) is 0. The van der Waals surface area contributed by atoms with E-state index in [2.05, 4.69) is 4.74 Å². The molecule has 0 aliphatic carbocycles. The van der Waals surface area contributed by atoms with E-state index >= 15 is 0 Å². The van der Waals surface area contributed by atoms with E-state index in [0.717, 1.165) is 0 Å². The fraction of sp³-hybridized carbons (Fsp3) is 0.833. The number of carbonyl (C=O) groups excluding carboxylic acids is 1. The van der Waals surface area contributed by atoms with E-state index < -0.39 is 22.0 Å². The van der Waals surface area contributed by atoms with Crippen LogP contribution in [0.25, 0.3) is 0 Å². The zero-order valence-corrected chi connectivity index (χ0v) is 7.54. The molecule has 0 rings (SSSR count). The van der Waals surface area contributed by atoms with Crippen molar-refractivity contribution in [2.45, 2.75) is 25.9 Å². The van der Waals surface area contributed by atoms with Crippen LogP contribution in [0.3, 0.4) is 0 Å². The summed E-state index contributed by atoms with van der Waals surface area (Å²) >= 11 is 0. The smallest absolute Gasteiger partial charge is 0.450 e. The van der Waals surface area contributed by atoms with Crippen LogP contribution in [0.2, 0.25) is 0 Å². The molecular formula is C6H10N2O6. The van der Waals surface area contributed by atoms with Crippen LogP contribution in [0.15, 0.2) is 0 Å². The lowest BCUT2D eigenvalue weighted by atomic mass is 10.3. The van der Waals surface area contributed by atoms with Gasteiger partial charge in [-0.1, -0.05) is 0 Å². The highest BCUT2D eigenvalue weighted by molar-refractivity contribution is 5.65. The molecule has 0 amide bonds. The van der Waals surface area contributed by atoms with E-state index in [4.69, 9.17) is 0 Å². The third kappa shape index (κ3) is 5.01. The number of esters is 1. The maximum absolute atomic E-state index is 10.3. The van der Waals surface area contributed by atoms with Crippen LogP contribution in [0.5, 0.6) is 0 Å². The summed E-state index contributed by atoms with van der Waals surface area (Å²) in [5.74, 6) is -0.510. The molecule has 0 aromatic rings. The minimum atomic E-state index is -1.81. The molecule has 0 radical (unpaired) electrons. The number of carbonyl (C=O) groups is 1. The van der Waals surface area contributed by atoms with E-state index in [1.54, 1.807) is 0 Å². The standard InChI is InChI=1S/C6H10N2O6/c1-5(9)14-4-2-3-6(7(10)11)8(12)13/h6H,2-4H2,1H3. The van der Waals surface area contributed by atoms with Crippen molar-refractivity contribution < 1.29 is 19.4 Å². The topological polar surface area (TPSA) is 113 Å². The first-order valence-electron chi connectivity index (χ1n) is 3.85. The first kappa shape index (κ1) is 12.3. The highest BCUT2D eigenvalue weighted by Crippen LogP contribution is 2.02. The summed E-state index contributed by atoms with van der Waals surface area (Å²) in [6, 6.07) is 0. The number of hydrogen-bond donors (Lipinski definition) is 0. The van der Waals surface area contributed by atoms with Crippen molar-refractivity contribution >= 4 is 5.97 Å². The third-order valence-corrected chi connectivity index (χ3v) is 1.40. The summed E-state index contributed by atoms with van der Waals surface area (Å²) in [6.45, 7) is 1.16. The molecule has 8 heteroatoms. The van der Waals surface area contributed by atoms with Gasteiger partial charge < -0.3 is 4.74 Å². The molecule has 0 atom stereocenters. The summed E-state index contributed by atoms with van der Waals surface area (Å²) < 4.78 is 4.47. The molecule has 0 aromatic heterocycles. The van der Waals surface area contributed by atoms with Gasteiger partial charge in [-0.15, -0.1) is 0 Å². The largest absolute Gasteiger partial charge is 0.466 e. The van der Waals surface area contributed by atoms with Gasteiger partial charge in [0, 0.05) is 6.92 Å². The second-order valence-corrected chi connectivity index (χ2v) is 2.53. The Hall–Kier alpha value is -1.73. The number of hydrogen-bond acceptors (Lipinski definition) is 6. The zero-order valence-electron chi connectivity index (χ0n) is 7.54. The van der Waals surface area contributed by atoms with Gasteiger partial charge in [-0.3, -0.25) is 25.0 Å². The molecule has 0 aliphatic heterocycles. The fourth-order valence-electron chi connectivity index (χ4n) is 0.770. The van der Waals surface area contributed by atoms with Crippen LogP contribution in [-0.2, 0) is 9.53 Å². The van der Waals surface area contributed by atoms with Crippen LogP contribution >= 0.6 is 0 Å². The highest BCUT2D eigenvalue weighted by Gasteiger charge is 2.30. The first-order valence-corrected chi connectivity index (χ1v) is 3.85. The number of rotatable bonds is 6. The molecule has 0 fully saturated rings. The van der Waals surface area contributed by atoms with E-state index in [1.165, 1.54) is 6.92 Å². The second kappa shape index (κ2) is 5.84. The number of nitro groups is 2. The maximum atomic E-state index is 10.3. The van der Waals surface area contributed by atoms with Gasteiger partial charge in [0.05, 0.1) is 22.9 Å². The van der Waals surface area contributed by atoms with Gasteiger partial charge in [-0.05, 0) is 6.42 Å². The SMILES string of the molecule is CC(=O)OCCCC([N+](=O)[O-])[N+](=O)[O-]. The molecular weight excluding hydrogens is 196 g/mol. The lowest BCUT2D eigenvalue weighted by Gasteiger charge is -2.02. The average Bonchev–Trinajstić information content (AvgIpc) is 2.01. The second-order valence-electron chi connectivity index (χ2n) is 2.53. The van der Waals surface area contributed by atoms with Crippen LogP contribution in [-0.4, -0.2) is 28.6 Å².